The van der Waals surface area contributed by atoms with Crippen LogP contribution in [0.1, 0.15) is 61.5 Å². The van der Waals surface area contributed by atoms with Crippen molar-refractivity contribution in [1.82, 2.24) is 9.97 Å². The van der Waals surface area contributed by atoms with Gasteiger partial charge in [-0.25, -0.2) is 4.79 Å². The number of aromatic nitrogens is 2. The largest absolute Gasteiger partial charge is 0.458 e. The fraction of sp³-hybridized carbons (Fsp3) is 0.480. The van der Waals surface area contributed by atoms with Crippen LogP contribution in [-0.2, 0) is 4.74 Å². The Morgan fingerprint density at radius 2 is 2.00 bits per heavy atom. The number of fused-ring (bicyclic) bond motifs is 5. The van der Waals surface area contributed by atoms with Crippen LogP contribution < -0.4 is 5.56 Å². The zero-order chi connectivity index (χ0) is 21.4. The molecule has 30 heavy (non-hydrogen) atoms. The highest BCUT2D eigenvalue weighted by molar-refractivity contribution is 6.09. The minimum Gasteiger partial charge on any atom is -0.458 e. The Kier molecular flexibility index (Phi) is 3.96. The van der Waals surface area contributed by atoms with Gasteiger partial charge in [-0.2, -0.15) is 0 Å². The maximum absolute atomic E-state index is 13.2. The number of benzene rings is 1. The highest BCUT2D eigenvalue weighted by Gasteiger charge is 2.62. The molecule has 1 aromatic carbocycles. The van der Waals surface area contributed by atoms with Gasteiger partial charge in [0.25, 0.3) is 0 Å². The van der Waals surface area contributed by atoms with E-state index in [-0.39, 0.29) is 28.5 Å². The first kappa shape index (κ1) is 19.3. The van der Waals surface area contributed by atoms with E-state index in [0.29, 0.717) is 11.5 Å². The predicted octanol–water partition coefficient (Wildman–Crippen LogP) is 5.06. The van der Waals surface area contributed by atoms with Crippen LogP contribution >= 0.6 is 0 Å². The Morgan fingerprint density at radius 1 is 1.23 bits per heavy atom. The SMILES string of the molecule is Cc1cc(=O)[nH]c2c1ccc1ncc(C(=O)O[C@@H]3CC4CC[C@]3(C)C4(C)C)c(C)c12. The van der Waals surface area contributed by atoms with Crippen LogP contribution in [0, 0.1) is 30.6 Å². The number of nitrogens with zero attached hydrogens (tertiary/aromatic N) is 1. The minimum absolute atomic E-state index is 0.0144. The topological polar surface area (TPSA) is 72.0 Å². The number of aryl methyl sites for hydroxylation is 2. The molecular formula is C25H28N2O3. The van der Waals surface area contributed by atoms with Crippen molar-refractivity contribution in [1.29, 1.82) is 0 Å². The quantitative estimate of drug-likeness (QED) is 0.478. The minimum atomic E-state index is -0.316. The van der Waals surface area contributed by atoms with Crippen LogP contribution in [0.4, 0.5) is 0 Å². The molecule has 156 valence electrons. The van der Waals surface area contributed by atoms with Gasteiger partial charge in [0.15, 0.2) is 0 Å². The number of aromatic amines is 1. The van der Waals surface area contributed by atoms with Gasteiger partial charge in [-0.3, -0.25) is 9.78 Å². The zero-order valence-electron chi connectivity index (χ0n) is 18.3. The monoisotopic (exact) mass is 404 g/mol. The second-order valence-electron chi connectivity index (χ2n) is 10.0. The van der Waals surface area contributed by atoms with Crippen LogP contribution in [0.2, 0.25) is 0 Å². The summed E-state index contributed by atoms with van der Waals surface area (Å²) in [7, 11) is 0. The van der Waals surface area contributed by atoms with Crippen LogP contribution in [0.15, 0.2) is 29.2 Å². The first-order valence-electron chi connectivity index (χ1n) is 10.8. The first-order valence-corrected chi connectivity index (χ1v) is 10.8. The van der Waals surface area contributed by atoms with Crippen molar-refractivity contribution in [3.8, 4) is 0 Å². The number of carbonyl (C=O) groups is 1. The van der Waals surface area contributed by atoms with Gasteiger partial charge >= 0.3 is 5.97 Å². The molecule has 5 rings (SSSR count). The molecule has 2 bridgehead atoms. The Bertz CT molecular complexity index is 1270. The molecule has 3 aromatic rings. The molecule has 5 heteroatoms. The van der Waals surface area contributed by atoms with Gasteiger partial charge in [-0.15, -0.1) is 0 Å². The average molecular weight is 405 g/mol. The lowest BCUT2D eigenvalue weighted by Crippen LogP contribution is -2.38. The van der Waals surface area contributed by atoms with Gasteiger partial charge < -0.3 is 9.72 Å². The highest BCUT2D eigenvalue weighted by Crippen LogP contribution is 2.66. The molecule has 0 saturated heterocycles. The molecule has 1 unspecified atom stereocenters. The zero-order valence-corrected chi connectivity index (χ0v) is 18.3. The number of carbonyl (C=O) groups excluding carboxylic acids is 1. The fourth-order valence-electron chi connectivity index (χ4n) is 6.04. The number of ether oxygens (including phenoxy) is 1. The molecular weight excluding hydrogens is 376 g/mol. The summed E-state index contributed by atoms with van der Waals surface area (Å²) >= 11 is 0. The molecule has 0 amide bonds. The molecule has 2 aromatic heterocycles. The summed E-state index contributed by atoms with van der Waals surface area (Å²) in [5, 5.41) is 1.77. The predicted molar refractivity (Wildman–Crippen MR) is 118 cm³/mol. The van der Waals surface area contributed by atoms with Gasteiger partial charge in [0.2, 0.25) is 5.56 Å². The van der Waals surface area contributed by atoms with E-state index in [4.69, 9.17) is 4.74 Å². The Labute approximate surface area is 175 Å². The van der Waals surface area contributed by atoms with Crippen molar-refractivity contribution in [3.63, 3.8) is 0 Å². The number of hydrogen-bond donors (Lipinski definition) is 1. The smallest absolute Gasteiger partial charge is 0.340 e. The third-order valence-electron chi connectivity index (χ3n) is 8.50. The number of pyridine rings is 2. The maximum Gasteiger partial charge on any atom is 0.340 e. The van der Waals surface area contributed by atoms with E-state index in [2.05, 4.69) is 30.7 Å². The second kappa shape index (κ2) is 6.16. The molecule has 3 atom stereocenters. The number of esters is 1. The lowest BCUT2D eigenvalue weighted by Gasteiger charge is -2.38. The van der Waals surface area contributed by atoms with E-state index in [0.717, 1.165) is 45.8 Å². The maximum atomic E-state index is 13.2. The van der Waals surface area contributed by atoms with Crippen LogP contribution in [-0.4, -0.2) is 22.0 Å². The van der Waals surface area contributed by atoms with Crippen molar-refractivity contribution in [2.24, 2.45) is 16.7 Å². The van der Waals surface area contributed by atoms with Crippen LogP contribution in [0.25, 0.3) is 21.8 Å². The summed E-state index contributed by atoms with van der Waals surface area (Å²) in [6.45, 7) is 10.7. The summed E-state index contributed by atoms with van der Waals surface area (Å²) in [6, 6.07) is 5.49. The molecule has 5 nitrogen and oxygen atoms in total. The molecule has 2 heterocycles. The van der Waals surface area contributed by atoms with Gasteiger partial charge in [0.05, 0.1) is 16.6 Å². The number of nitrogens with one attached hydrogen (secondary N) is 1. The molecule has 2 aliphatic carbocycles. The number of rotatable bonds is 2. The van der Waals surface area contributed by atoms with E-state index in [1.54, 1.807) is 12.3 Å². The van der Waals surface area contributed by atoms with Crippen LogP contribution in [0.3, 0.4) is 0 Å². The molecule has 0 radical (unpaired) electrons. The molecule has 1 N–H and O–H groups in total. The Balaban J connectivity index is 1.58. The normalized spacial score (nSPS) is 27.1. The van der Waals surface area contributed by atoms with E-state index in [1.807, 2.05) is 26.0 Å². The Morgan fingerprint density at radius 3 is 2.67 bits per heavy atom. The van der Waals surface area contributed by atoms with Gasteiger partial charge in [-0.05, 0) is 61.6 Å². The number of H-pyrrole nitrogens is 1. The third-order valence-corrected chi connectivity index (χ3v) is 8.50. The van der Waals surface area contributed by atoms with Gasteiger partial charge in [-0.1, -0.05) is 26.8 Å². The van der Waals surface area contributed by atoms with E-state index in [9.17, 15) is 9.59 Å². The standard InChI is InChI=1S/C25H28N2O3/c1-13-10-20(28)27-22-16(13)6-7-18-21(22)14(2)17(12-26-18)23(29)30-19-11-15-8-9-25(19,5)24(15,3)4/h6-7,10,12,15,19H,8-9,11H2,1-5H3,(H,27,28)/t15?,19-,25+/m1/s1. The summed E-state index contributed by atoms with van der Waals surface area (Å²) in [4.78, 5) is 32.8. The first-order chi connectivity index (χ1) is 14.1. The molecule has 0 aliphatic heterocycles. The van der Waals surface area contributed by atoms with E-state index < -0.39 is 0 Å². The molecule has 2 fully saturated rings. The summed E-state index contributed by atoms with van der Waals surface area (Å²) < 4.78 is 6.11. The second-order valence-corrected chi connectivity index (χ2v) is 10.0. The lowest BCUT2D eigenvalue weighted by molar-refractivity contribution is -0.0243. The molecule has 0 spiro atoms. The lowest BCUT2D eigenvalue weighted by atomic mass is 9.70. The summed E-state index contributed by atoms with van der Waals surface area (Å²) in [6.07, 6.45) is 4.80. The average Bonchev–Trinajstić information content (AvgIpc) is 3.01. The van der Waals surface area contributed by atoms with Crippen molar-refractivity contribution in [3.05, 3.63) is 51.4 Å². The van der Waals surface area contributed by atoms with Crippen molar-refractivity contribution < 1.29 is 9.53 Å². The summed E-state index contributed by atoms with van der Waals surface area (Å²) in [5.41, 5.74) is 3.70. The van der Waals surface area contributed by atoms with Gasteiger partial charge in [0, 0.05) is 28.5 Å². The fourth-order valence-corrected chi connectivity index (χ4v) is 6.04. The number of hydrogen-bond acceptors (Lipinski definition) is 4. The molecule has 2 aliphatic rings. The van der Waals surface area contributed by atoms with Crippen LogP contribution in [0.5, 0.6) is 0 Å². The highest BCUT2D eigenvalue weighted by atomic mass is 16.5. The van der Waals surface area contributed by atoms with Crippen molar-refractivity contribution >= 4 is 27.8 Å². The Hall–Kier alpha value is -2.69. The third kappa shape index (κ3) is 2.44. The van der Waals surface area contributed by atoms with Gasteiger partial charge in [0.1, 0.15) is 6.10 Å². The van der Waals surface area contributed by atoms with E-state index >= 15 is 0 Å². The van der Waals surface area contributed by atoms with E-state index in [1.165, 1.54) is 6.42 Å². The summed E-state index contributed by atoms with van der Waals surface area (Å²) in [5.74, 6) is 0.289. The molecule has 2 saturated carbocycles. The van der Waals surface area contributed by atoms with Crippen molar-refractivity contribution in [2.75, 3.05) is 0 Å². The van der Waals surface area contributed by atoms with Crippen molar-refractivity contribution in [2.45, 2.75) is 60.0 Å².